The minimum Gasteiger partial charge on any atom is -0.490 e. The number of hydrogen-bond donors (Lipinski definition) is 1. The third-order valence-electron chi connectivity index (χ3n) is 4.28. The Labute approximate surface area is 181 Å². The van der Waals surface area contributed by atoms with Crippen LogP contribution in [0.15, 0.2) is 40.9 Å². The zero-order valence-corrected chi connectivity index (χ0v) is 18.9. The Kier molecular flexibility index (Phi) is 11.1. The van der Waals surface area contributed by atoms with Crippen molar-refractivity contribution in [2.75, 3.05) is 26.4 Å². The van der Waals surface area contributed by atoms with Crippen LogP contribution in [0, 0.1) is 5.82 Å². The Hall–Kier alpha value is -1.63. The lowest BCUT2D eigenvalue weighted by molar-refractivity contribution is 0.129. The van der Waals surface area contributed by atoms with E-state index >= 15 is 0 Å². The first-order chi connectivity index (χ1) is 14.1. The molecule has 6 heteroatoms. The number of halogens is 2. The van der Waals surface area contributed by atoms with Gasteiger partial charge in [0, 0.05) is 19.8 Å². The molecule has 0 spiro atoms. The first-order valence-corrected chi connectivity index (χ1v) is 11.0. The summed E-state index contributed by atoms with van der Waals surface area (Å²) in [7, 11) is 0. The lowest BCUT2D eigenvalue weighted by Gasteiger charge is -2.16. The van der Waals surface area contributed by atoms with E-state index in [1.54, 1.807) is 12.1 Å². The fourth-order valence-corrected chi connectivity index (χ4v) is 3.35. The van der Waals surface area contributed by atoms with Gasteiger partial charge < -0.3 is 19.5 Å². The van der Waals surface area contributed by atoms with E-state index in [1.807, 2.05) is 19.1 Å². The van der Waals surface area contributed by atoms with Crippen molar-refractivity contribution in [2.45, 2.75) is 46.3 Å². The van der Waals surface area contributed by atoms with Crippen molar-refractivity contribution < 1.29 is 18.6 Å². The third kappa shape index (κ3) is 8.72. The molecule has 0 aliphatic heterocycles. The lowest BCUT2D eigenvalue weighted by Crippen LogP contribution is -2.16. The van der Waals surface area contributed by atoms with E-state index in [-0.39, 0.29) is 5.82 Å². The van der Waals surface area contributed by atoms with Crippen LogP contribution in [-0.2, 0) is 17.9 Å². The van der Waals surface area contributed by atoms with E-state index in [0.29, 0.717) is 24.7 Å². The van der Waals surface area contributed by atoms with Gasteiger partial charge in [-0.2, -0.15) is 0 Å². The number of unbranched alkanes of at least 4 members (excludes halogenated alkanes) is 1. The molecule has 0 saturated carbocycles. The minimum atomic E-state index is -0.255. The van der Waals surface area contributed by atoms with Crippen molar-refractivity contribution >= 4 is 15.9 Å². The summed E-state index contributed by atoms with van der Waals surface area (Å²) in [5.41, 5.74) is 2.01. The van der Waals surface area contributed by atoms with E-state index in [2.05, 4.69) is 28.2 Å². The van der Waals surface area contributed by atoms with Gasteiger partial charge in [-0.05, 0) is 77.6 Å². The molecule has 0 radical (unpaired) electrons. The van der Waals surface area contributed by atoms with E-state index < -0.39 is 0 Å². The van der Waals surface area contributed by atoms with Crippen molar-refractivity contribution in [1.29, 1.82) is 0 Å². The molecule has 2 rings (SSSR count). The van der Waals surface area contributed by atoms with Crippen molar-refractivity contribution in [3.05, 3.63) is 57.8 Å². The van der Waals surface area contributed by atoms with Crippen molar-refractivity contribution in [3.63, 3.8) is 0 Å². The molecule has 2 aromatic rings. The highest BCUT2D eigenvalue weighted by Crippen LogP contribution is 2.37. The molecule has 4 nitrogen and oxygen atoms in total. The van der Waals surface area contributed by atoms with Crippen LogP contribution >= 0.6 is 15.9 Å². The van der Waals surface area contributed by atoms with Crippen LogP contribution < -0.4 is 14.8 Å². The average molecular weight is 468 g/mol. The molecule has 1 N–H and O–H groups in total. The highest BCUT2D eigenvalue weighted by molar-refractivity contribution is 9.10. The van der Waals surface area contributed by atoms with Gasteiger partial charge in [0.25, 0.3) is 0 Å². The monoisotopic (exact) mass is 467 g/mol. The summed E-state index contributed by atoms with van der Waals surface area (Å²) >= 11 is 3.60. The minimum absolute atomic E-state index is 0.255. The van der Waals surface area contributed by atoms with Crippen molar-refractivity contribution in [3.8, 4) is 11.5 Å². The summed E-state index contributed by atoms with van der Waals surface area (Å²) in [6, 6.07) is 10.3. The zero-order valence-electron chi connectivity index (χ0n) is 17.3. The smallest absolute Gasteiger partial charge is 0.175 e. The SMILES string of the molecule is CCCCOCCCNCc1cc(Br)c(OCc2ccc(F)cc2)c(OCC)c1. The molecule has 160 valence electrons. The number of nitrogens with one attached hydrogen (secondary N) is 1. The molecule has 29 heavy (non-hydrogen) atoms. The molecule has 0 amide bonds. The fourth-order valence-electron chi connectivity index (χ4n) is 2.74. The average Bonchev–Trinajstić information content (AvgIpc) is 2.71. The van der Waals surface area contributed by atoms with Gasteiger partial charge in [0.05, 0.1) is 11.1 Å². The summed E-state index contributed by atoms with van der Waals surface area (Å²) in [4.78, 5) is 0. The molecule has 0 heterocycles. The van der Waals surface area contributed by atoms with Crippen LogP contribution in [0.25, 0.3) is 0 Å². The number of ether oxygens (including phenoxy) is 3. The second-order valence-electron chi connectivity index (χ2n) is 6.75. The Morgan fingerprint density at radius 1 is 0.966 bits per heavy atom. The summed E-state index contributed by atoms with van der Waals surface area (Å²) in [5, 5.41) is 3.44. The highest BCUT2D eigenvalue weighted by atomic mass is 79.9. The van der Waals surface area contributed by atoms with Crippen LogP contribution in [0.2, 0.25) is 0 Å². The molecular formula is C23H31BrFNO3. The molecule has 2 aromatic carbocycles. The topological polar surface area (TPSA) is 39.7 Å². The molecule has 0 aliphatic rings. The van der Waals surface area contributed by atoms with E-state index in [1.165, 1.54) is 18.6 Å². The molecule has 0 fully saturated rings. The van der Waals surface area contributed by atoms with Gasteiger partial charge in [0.2, 0.25) is 0 Å². The second-order valence-corrected chi connectivity index (χ2v) is 7.60. The van der Waals surface area contributed by atoms with Crippen molar-refractivity contribution in [2.24, 2.45) is 0 Å². The molecule has 0 aliphatic carbocycles. The molecule has 0 unspecified atom stereocenters. The normalized spacial score (nSPS) is 10.9. The maximum Gasteiger partial charge on any atom is 0.175 e. The Bertz CT molecular complexity index is 725. The largest absolute Gasteiger partial charge is 0.490 e. The summed E-state index contributed by atoms with van der Waals surface area (Å²) < 4.78 is 31.2. The molecular weight excluding hydrogens is 437 g/mol. The van der Waals surface area contributed by atoms with Gasteiger partial charge in [-0.3, -0.25) is 0 Å². The Morgan fingerprint density at radius 2 is 1.72 bits per heavy atom. The lowest BCUT2D eigenvalue weighted by atomic mass is 10.2. The van der Waals surface area contributed by atoms with Gasteiger partial charge >= 0.3 is 0 Å². The molecule has 0 saturated heterocycles. The second kappa shape index (κ2) is 13.6. The number of rotatable bonds is 14. The first kappa shape index (κ1) is 23.6. The Morgan fingerprint density at radius 3 is 2.45 bits per heavy atom. The van der Waals surface area contributed by atoms with E-state index in [9.17, 15) is 4.39 Å². The zero-order chi connectivity index (χ0) is 20.9. The van der Waals surface area contributed by atoms with Gasteiger partial charge in [-0.25, -0.2) is 4.39 Å². The predicted molar refractivity (Wildman–Crippen MR) is 118 cm³/mol. The van der Waals surface area contributed by atoms with E-state index in [0.717, 1.165) is 54.7 Å². The van der Waals surface area contributed by atoms with Crippen molar-refractivity contribution in [1.82, 2.24) is 5.32 Å². The van der Waals surface area contributed by atoms with Crippen LogP contribution in [0.4, 0.5) is 4.39 Å². The third-order valence-corrected chi connectivity index (χ3v) is 4.87. The molecule has 0 aromatic heterocycles. The predicted octanol–water partition coefficient (Wildman–Crippen LogP) is 5.86. The number of benzene rings is 2. The quantitative estimate of drug-likeness (QED) is 0.353. The summed E-state index contributed by atoms with van der Waals surface area (Å²) in [6.45, 7) is 8.28. The van der Waals surface area contributed by atoms with Crippen LogP contribution in [-0.4, -0.2) is 26.4 Å². The number of hydrogen-bond acceptors (Lipinski definition) is 4. The van der Waals surface area contributed by atoms with Gasteiger partial charge in [-0.1, -0.05) is 25.5 Å². The maximum absolute atomic E-state index is 13.1. The van der Waals surface area contributed by atoms with E-state index in [4.69, 9.17) is 14.2 Å². The summed E-state index contributed by atoms with van der Waals surface area (Å²) in [5.74, 6) is 1.10. The maximum atomic E-state index is 13.1. The highest BCUT2D eigenvalue weighted by Gasteiger charge is 2.13. The first-order valence-electron chi connectivity index (χ1n) is 10.2. The summed E-state index contributed by atoms with van der Waals surface area (Å²) in [6.07, 6.45) is 3.28. The fraction of sp³-hybridized carbons (Fsp3) is 0.478. The Balaban J connectivity index is 1.88. The van der Waals surface area contributed by atoms with Crippen LogP contribution in [0.1, 0.15) is 44.2 Å². The standard InChI is InChI=1S/C23H31BrFNO3/c1-3-5-12-27-13-6-11-26-16-19-14-21(24)23(22(15-19)28-4-2)29-17-18-7-9-20(25)10-8-18/h7-10,14-15,26H,3-6,11-13,16-17H2,1-2H3. The molecule has 0 atom stereocenters. The van der Waals surface area contributed by atoms with Gasteiger partial charge in [-0.15, -0.1) is 0 Å². The molecule has 0 bridgehead atoms. The van der Waals surface area contributed by atoms with Crippen LogP contribution in [0.5, 0.6) is 11.5 Å². The van der Waals surface area contributed by atoms with Gasteiger partial charge in [0.15, 0.2) is 11.5 Å². The van der Waals surface area contributed by atoms with Gasteiger partial charge in [0.1, 0.15) is 12.4 Å². The van der Waals surface area contributed by atoms with Crippen LogP contribution in [0.3, 0.4) is 0 Å².